The second kappa shape index (κ2) is 30.5. The van der Waals surface area contributed by atoms with Crippen LogP contribution in [0.2, 0.25) is 5.02 Å². The zero-order chi connectivity index (χ0) is 60.5. The van der Waals surface area contributed by atoms with E-state index in [2.05, 4.69) is 44.0 Å². The Morgan fingerprint density at radius 2 is 1.56 bits per heavy atom. The average molecular weight is 1190 g/mol. The molecular weight excluding hydrogens is 1110 g/mol. The van der Waals surface area contributed by atoms with E-state index in [-0.39, 0.29) is 53.4 Å². The lowest BCUT2D eigenvalue weighted by Gasteiger charge is -2.37. The van der Waals surface area contributed by atoms with Crippen LogP contribution < -0.4 is 25.6 Å². The Morgan fingerprint density at radius 3 is 2.22 bits per heavy atom. The second-order valence-corrected chi connectivity index (χ2v) is 23.5. The topological polar surface area (TPSA) is 196 Å². The molecule has 0 radical (unpaired) electrons. The van der Waals surface area contributed by atoms with E-state index in [0.717, 1.165) is 42.8 Å². The SMILES string of the molecule is COc1ccc(C(=O)NCCOCCOCCOCCOCCOC2CCC(Nc3nccc(-c4cnn(Cc5ccccc5)c4N(C)C)n3)CC2)cc1CC(=O)C1N[C@@H](CC(C)(C)C)[C@](C#N)(c2ccc(C)cc2F)[C@H]1c1cccc(Cl)c1F. The van der Waals surface area contributed by atoms with E-state index in [1.165, 1.54) is 30.9 Å². The van der Waals surface area contributed by atoms with E-state index < -0.39 is 52.2 Å². The molecule has 85 heavy (non-hydrogen) atoms. The van der Waals surface area contributed by atoms with E-state index in [0.29, 0.717) is 88.6 Å². The average Bonchev–Trinajstić information content (AvgIpc) is 1.96. The molecule has 454 valence electrons. The molecule has 1 amide bonds. The van der Waals surface area contributed by atoms with Crippen molar-refractivity contribution >= 4 is 35.1 Å². The number of carbonyl (C=O) groups excluding carboxylic acids is 2. The van der Waals surface area contributed by atoms with Gasteiger partial charge in [-0.05, 0) is 97.5 Å². The molecule has 8 rings (SSSR count). The number of aryl methyl sites for hydroxylation is 1. The lowest BCUT2D eigenvalue weighted by molar-refractivity contribution is -0.120. The highest BCUT2D eigenvalue weighted by Crippen LogP contribution is 2.53. The molecule has 3 N–H and O–H groups in total. The third-order valence-corrected chi connectivity index (χ3v) is 15.8. The molecule has 2 fully saturated rings. The van der Waals surface area contributed by atoms with Crippen molar-refractivity contribution in [3.8, 4) is 23.1 Å². The Balaban J connectivity index is 0.696. The van der Waals surface area contributed by atoms with Gasteiger partial charge in [0.25, 0.3) is 5.91 Å². The van der Waals surface area contributed by atoms with Crippen LogP contribution in [0, 0.1) is 35.3 Å². The van der Waals surface area contributed by atoms with Crippen molar-refractivity contribution in [2.45, 2.75) is 108 Å². The summed E-state index contributed by atoms with van der Waals surface area (Å²) >= 11 is 6.35. The van der Waals surface area contributed by atoms with Crippen LogP contribution in [0.4, 0.5) is 20.5 Å². The monoisotopic (exact) mass is 1190 g/mol. The van der Waals surface area contributed by atoms with Gasteiger partial charge >= 0.3 is 0 Å². The van der Waals surface area contributed by atoms with Crippen LogP contribution in [0.3, 0.4) is 0 Å². The number of Topliss-reactive ketones (excluding diaryl/α,β-unsaturated/α-hetero) is 1. The molecule has 6 aromatic rings. The molecule has 20 heteroatoms. The highest BCUT2D eigenvalue weighted by atomic mass is 35.5. The summed E-state index contributed by atoms with van der Waals surface area (Å²) < 4.78 is 69.0. The third kappa shape index (κ3) is 16.8. The van der Waals surface area contributed by atoms with Gasteiger partial charge in [-0.25, -0.2) is 23.4 Å². The first-order valence-electron chi connectivity index (χ1n) is 29.1. The van der Waals surface area contributed by atoms with E-state index >= 15 is 8.78 Å². The number of halogens is 3. The first-order chi connectivity index (χ1) is 41.0. The number of aromatic nitrogens is 4. The summed E-state index contributed by atoms with van der Waals surface area (Å²) in [6.45, 7) is 12.1. The minimum Gasteiger partial charge on any atom is -0.496 e. The highest BCUT2D eigenvalue weighted by Gasteiger charge is 2.61. The lowest BCUT2D eigenvalue weighted by atomic mass is 9.62. The summed E-state index contributed by atoms with van der Waals surface area (Å²) in [6, 6.07) is 26.8. The number of nitriles is 1. The highest BCUT2D eigenvalue weighted by molar-refractivity contribution is 6.30. The van der Waals surface area contributed by atoms with Crippen LogP contribution in [0.5, 0.6) is 5.75 Å². The molecule has 1 aliphatic carbocycles. The molecule has 17 nitrogen and oxygen atoms in total. The van der Waals surface area contributed by atoms with E-state index in [1.807, 2.05) is 70.0 Å². The lowest BCUT2D eigenvalue weighted by Crippen LogP contribution is -2.44. The molecule has 1 unspecified atom stereocenters. The minimum atomic E-state index is -1.73. The summed E-state index contributed by atoms with van der Waals surface area (Å²) in [5.41, 5.74) is 2.22. The predicted molar refractivity (Wildman–Crippen MR) is 323 cm³/mol. The Hall–Kier alpha value is -6.89. The number of methoxy groups -OCH3 is 1. The summed E-state index contributed by atoms with van der Waals surface area (Å²) in [6.07, 6.45) is 7.72. The molecule has 3 heterocycles. The number of amides is 1. The molecular formula is C65H80ClF2N9O8. The molecule has 4 atom stereocenters. The largest absolute Gasteiger partial charge is 0.496 e. The fraction of sp³-hybridized carbons (Fsp3) is 0.477. The number of hydrogen-bond acceptors (Lipinski definition) is 15. The predicted octanol–water partition coefficient (Wildman–Crippen LogP) is 10.1. The van der Waals surface area contributed by atoms with Crippen molar-refractivity contribution in [1.82, 2.24) is 30.4 Å². The van der Waals surface area contributed by atoms with Gasteiger partial charge < -0.3 is 49.3 Å². The van der Waals surface area contributed by atoms with Gasteiger partial charge in [0.2, 0.25) is 5.95 Å². The van der Waals surface area contributed by atoms with Crippen molar-refractivity contribution in [3.63, 3.8) is 0 Å². The number of anilines is 2. The molecule has 1 saturated carbocycles. The van der Waals surface area contributed by atoms with Crippen LogP contribution in [0.15, 0.2) is 103 Å². The molecule has 0 bridgehead atoms. The minimum absolute atomic E-state index is 0.0178. The Labute approximate surface area is 503 Å². The number of benzene rings is 4. The quantitative estimate of drug-likeness (QED) is 0.0360. The molecule has 1 saturated heterocycles. The maximum atomic E-state index is 16.3. The Bertz CT molecular complexity index is 3200. The Morgan fingerprint density at radius 1 is 0.871 bits per heavy atom. The molecule has 1 aliphatic heterocycles. The fourth-order valence-corrected chi connectivity index (χ4v) is 11.7. The normalized spacial score (nSPS) is 19.6. The second-order valence-electron chi connectivity index (χ2n) is 23.1. The fourth-order valence-electron chi connectivity index (χ4n) is 11.5. The number of rotatable bonds is 30. The summed E-state index contributed by atoms with van der Waals surface area (Å²) in [5.74, 6) is -1.47. The van der Waals surface area contributed by atoms with Gasteiger partial charge in [-0.1, -0.05) is 87.0 Å². The summed E-state index contributed by atoms with van der Waals surface area (Å²) in [5, 5.41) is 25.6. The zero-order valence-corrected chi connectivity index (χ0v) is 50.6. The van der Waals surface area contributed by atoms with Crippen LogP contribution in [-0.4, -0.2) is 143 Å². The van der Waals surface area contributed by atoms with Gasteiger partial charge in [-0.15, -0.1) is 0 Å². The van der Waals surface area contributed by atoms with Crippen LogP contribution in [-0.2, 0) is 46.9 Å². The maximum absolute atomic E-state index is 16.3. The molecule has 2 aliphatic rings. The van der Waals surface area contributed by atoms with Crippen LogP contribution in [0.1, 0.15) is 97.0 Å². The van der Waals surface area contributed by atoms with Gasteiger partial charge in [0.1, 0.15) is 28.6 Å². The first-order valence-corrected chi connectivity index (χ1v) is 29.5. The molecule has 4 aromatic carbocycles. The van der Waals surface area contributed by atoms with Gasteiger partial charge in [-0.2, -0.15) is 10.4 Å². The number of carbonyl (C=O) groups is 2. The smallest absolute Gasteiger partial charge is 0.251 e. The van der Waals surface area contributed by atoms with Gasteiger partial charge in [0, 0.05) is 67.9 Å². The van der Waals surface area contributed by atoms with Crippen molar-refractivity contribution in [2.75, 3.05) is 97.4 Å². The number of ether oxygens (including phenoxy) is 6. The van der Waals surface area contributed by atoms with Gasteiger partial charge in [0.15, 0.2) is 5.78 Å². The Kier molecular flexibility index (Phi) is 23.0. The van der Waals surface area contributed by atoms with Crippen LogP contribution >= 0.6 is 11.6 Å². The van der Waals surface area contributed by atoms with E-state index in [9.17, 15) is 14.9 Å². The van der Waals surface area contributed by atoms with E-state index in [1.54, 1.807) is 49.5 Å². The first kappa shape index (κ1) is 64.1. The third-order valence-electron chi connectivity index (χ3n) is 15.5. The summed E-state index contributed by atoms with van der Waals surface area (Å²) in [7, 11) is 5.50. The number of ketones is 1. The van der Waals surface area contributed by atoms with E-state index in [4.69, 9.17) is 50.1 Å². The van der Waals surface area contributed by atoms with Crippen molar-refractivity contribution in [2.24, 2.45) is 5.41 Å². The van der Waals surface area contributed by atoms with Gasteiger partial charge in [-0.3, -0.25) is 9.59 Å². The number of nitrogens with one attached hydrogen (secondary N) is 3. The molecule has 0 spiro atoms. The number of nitrogens with zero attached hydrogens (tertiary/aromatic N) is 6. The van der Waals surface area contributed by atoms with Crippen molar-refractivity contribution in [1.29, 1.82) is 5.26 Å². The molecule has 2 aromatic heterocycles. The van der Waals surface area contributed by atoms with Gasteiger partial charge in [0.05, 0.1) is 114 Å². The standard InChI is InChI=1S/C65H80ClF2N9O8/c1-43-16-22-51(53(67)36-43)65(42-69)57(39-64(2,3)4)75-60(58(65)49-14-11-15-52(66)59(49)68)55(78)38-46-37-45(17-23-56(46)80-7)61(79)70-26-27-81-28-29-82-30-31-83-32-33-84-34-35-85-48-20-18-47(19-21-48)73-63-71-25-24-54(74-63)50-40-72-77(62(50)76(5)6)41-44-12-9-8-10-13-44/h8-17,22-25,36-37,40,47-48,57-58,60,75H,18-21,26-35,38-39,41H2,1-7H3,(H,70,79)(H,71,73,74)/t47?,48?,57-,58-,60?,65-/m0/s1. The van der Waals surface area contributed by atoms with Crippen molar-refractivity contribution < 1.29 is 46.8 Å². The maximum Gasteiger partial charge on any atom is 0.251 e. The summed E-state index contributed by atoms with van der Waals surface area (Å²) in [4.78, 5) is 39.7. The number of hydrogen-bond donors (Lipinski definition) is 3. The zero-order valence-electron chi connectivity index (χ0n) is 49.8. The van der Waals surface area contributed by atoms with Crippen LogP contribution in [0.25, 0.3) is 11.3 Å². The van der Waals surface area contributed by atoms with Crippen molar-refractivity contribution in [3.05, 3.63) is 153 Å².